The lowest BCUT2D eigenvalue weighted by Gasteiger charge is -2.21. The third-order valence-electron chi connectivity index (χ3n) is 2.53. The smallest absolute Gasteiger partial charge is 0.193 e. The standard InChI is InChI=1S/C12H16N2OS/c1-9(15)6-12(2,3)7-10-8-14-4-5-16-11(14)13-10/h4-5,8H,6-7H2,1-3H3. The molecule has 4 heteroatoms. The van der Waals surface area contributed by atoms with Gasteiger partial charge >= 0.3 is 0 Å². The minimum atomic E-state index is -0.00410. The van der Waals surface area contributed by atoms with Gasteiger partial charge in [0.15, 0.2) is 4.96 Å². The maximum Gasteiger partial charge on any atom is 0.193 e. The highest BCUT2D eigenvalue weighted by Crippen LogP contribution is 2.26. The maximum absolute atomic E-state index is 11.1. The van der Waals surface area contributed by atoms with Crippen LogP contribution in [0.25, 0.3) is 4.96 Å². The Morgan fingerprint density at radius 1 is 1.56 bits per heavy atom. The van der Waals surface area contributed by atoms with Crippen LogP contribution >= 0.6 is 11.3 Å². The highest BCUT2D eigenvalue weighted by molar-refractivity contribution is 7.15. The maximum atomic E-state index is 11.1. The number of Topliss-reactive ketones (excluding diaryl/α,β-unsaturated/α-hetero) is 1. The molecule has 2 aromatic rings. The average molecular weight is 236 g/mol. The number of rotatable bonds is 4. The lowest BCUT2D eigenvalue weighted by atomic mass is 9.83. The molecule has 0 saturated carbocycles. The third-order valence-corrected chi connectivity index (χ3v) is 3.30. The van der Waals surface area contributed by atoms with Crippen LogP contribution in [0.4, 0.5) is 0 Å². The molecule has 0 radical (unpaired) electrons. The van der Waals surface area contributed by atoms with Crippen molar-refractivity contribution in [1.82, 2.24) is 9.38 Å². The van der Waals surface area contributed by atoms with Crippen molar-refractivity contribution in [3.05, 3.63) is 23.5 Å². The number of ketones is 1. The van der Waals surface area contributed by atoms with Gasteiger partial charge in [-0.2, -0.15) is 0 Å². The minimum absolute atomic E-state index is 0.00410. The molecule has 0 saturated heterocycles. The van der Waals surface area contributed by atoms with E-state index in [0.29, 0.717) is 6.42 Å². The van der Waals surface area contributed by atoms with Crippen molar-refractivity contribution >= 4 is 22.1 Å². The highest BCUT2D eigenvalue weighted by atomic mass is 32.1. The summed E-state index contributed by atoms with van der Waals surface area (Å²) in [6.07, 6.45) is 5.52. The molecular formula is C12H16N2OS. The first-order valence-corrected chi connectivity index (χ1v) is 6.25. The highest BCUT2D eigenvalue weighted by Gasteiger charge is 2.22. The molecule has 3 nitrogen and oxygen atoms in total. The first kappa shape index (κ1) is 11.3. The van der Waals surface area contributed by atoms with Crippen LogP contribution in [0.15, 0.2) is 17.8 Å². The molecule has 86 valence electrons. The fraction of sp³-hybridized carbons (Fsp3) is 0.500. The lowest BCUT2D eigenvalue weighted by Crippen LogP contribution is -2.18. The summed E-state index contributed by atoms with van der Waals surface area (Å²) >= 11 is 1.63. The Bertz CT molecular complexity index is 481. The predicted octanol–water partition coefficient (Wildman–Crippen LogP) is 2.94. The van der Waals surface area contributed by atoms with Crippen molar-refractivity contribution in [1.29, 1.82) is 0 Å². The Kier molecular flexibility index (Phi) is 2.84. The molecule has 0 amide bonds. The Balaban J connectivity index is 2.14. The first-order valence-electron chi connectivity index (χ1n) is 5.37. The van der Waals surface area contributed by atoms with Crippen LogP contribution < -0.4 is 0 Å². The predicted molar refractivity (Wildman–Crippen MR) is 65.9 cm³/mol. The van der Waals surface area contributed by atoms with Gasteiger partial charge in [0.25, 0.3) is 0 Å². The second-order valence-corrected chi connectivity index (χ2v) is 5.92. The fourth-order valence-electron chi connectivity index (χ4n) is 2.09. The third kappa shape index (κ3) is 2.50. The summed E-state index contributed by atoms with van der Waals surface area (Å²) in [6.45, 7) is 5.87. The molecule has 0 fully saturated rings. The average Bonchev–Trinajstić information content (AvgIpc) is 2.58. The van der Waals surface area contributed by atoms with Crippen LogP contribution in [-0.4, -0.2) is 15.2 Å². The van der Waals surface area contributed by atoms with Crippen LogP contribution in [0.1, 0.15) is 32.9 Å². The molecule has 0 aliphatic carbocycles. The molecule has 0 atom stereocenters. The van der Waals surface area contributed by atoms with Gasteiger partial charge in [0.2, 0.25) is 0 Å². The molecule has 2 aromatic heterocycles. The van der Waals surface area contributed by atoms with Crippen LogP contribution in [0, 0.1) is 5.41 Å². The van der Waals surface area contributed by atoms with Crippen molar-refractivity contribution in [2.24, 2.45) is 5.41 Å². The largest absolute Gasteiger partial charge is 0.300 e. The number of hydrogen-bond donors (Lipinski definition) is 0. The Morgan fingerprint density at radius 2 is 2.31 bits per heavy atom. The van der Waals surface area contributed by atoms with Gasteiger partial charge in [0.1, 0.15) is 5.78 Å². The Labute approximate surface area is 99.1 Å². The monoisotopic (exact) mass is 236 g/mol. The number of hydrogen-bond acceptors (Lipinski definition) is 3. The number of nitrogens with zero attached hydrogens (tertiary/aromatic N) is 2. The van der Waals surface area contributed by atoms with Crippen LogP contribution in [-0.2, 0) is 11.2 Å². The van der Waals surface area contributed by atoms with Crippen molar-refractivity contribution in [3.63, 3.8) is 0 Å². The molecular weight excluding hydrogens is 220 g/mol. The topological polar surface area (TPSA) is 34.4 Å². The Morgan fingerprint density at radius 3 is 2.94 bits per heavy atom. The number of fused-ring (bicyclic) bond motifs is 1. The van der Waals surface area contributed by atoms with Gasteiger partial charge in [0, 0.05) is 24.2 Å². The van der Waals surface area contributed by atoms with Crippen molar-refractivity contribution in [2.45, 2.75) is 33.6 Å². The molecule has 0 aliphatic rings. The van der Waals surface area contributed by atoms with E-state index in [9.17, 15) is 4.79 Å². The van der Waals surface area contributed by atoms with Gasteiger partial charge in [-0.3, -0.25) is 4.40 Å². The second-order valence-electron chi connectivity index (χ2n) is 5.04. The molecule has 0 spiro atoms. The summed E-state index contributed by atoms with van der Waals surface area (Å²) < 4.78 is 2.03. The van der Waals surface area contributed by atoms with Crippen molar-refractivity contribution < 1.29 is 4.79 Å². The zero-order valence-corrected chi connectivity index (χ0v) is 10.7. The summed E-state index contributed by atoms with van der Waals surface area (Å²) in [5.41, 5.74) is 1.06. The van der Waals surface area contributed by atoms with E-state index in [1.807, 2.05) is 22.2 Å². The summed E-state index contributed by atoms with van der Waals surface area (Å²) in [6, 6.07) is 0. The van der Waals surface area contributed by atoms with Crippen molar-refractivity contribution in [2.75, 3.05) is 0 Å². The Hall–Kier alpha value is -1.16. The molecule has 0 N–H and O–H groups in total. The van der Waals surface area contributed by atoms with E-state index >= 15 is 0 Å². The van der Waals surface area contributed by atoms with E-state index in [2.05, 4.69) is 18.8 Å². The molecule has 2 heterocycles. The van der Waals surface area contributed by atoms with E-state index in [1.165, 1.54) is 0 Å². The zero-order chi connectivity index (χ0) is 11.8. The fourth-order valence-corrected chi connectivity index (χ4v) is 2.81. The SMILES string of the molecule is CC(=O)CC(C)(C)Cc1cn2ccsc2n1. The minimum Gasteiger partial charge on any atom is -0.300 e. The molecule has 16 heavy (non-hydrogen) atoms. The van der Waals surface area contributed by atoms with Gasteiger partial charge in [-0.25, -0.2) is 4.98 Å². The molecule has 0 aromatic carbocycles. The molecule has 0 aliphatic heterocycles. The van der Waals surface area contributed by atoms with Gasteiger partial charge in [-0.1, -0.05) is 13.8 Å². The van der Waals surface area contributed by atoms with Crippen LogP contribution in [0.2, 0.25) is 0 Å². The van der Waals surface area contributed by atoms with Gasteiger partial charge in [-0.05, 0) is 18.8 Å². The van der Waals surface area contributed by atoms with E-state index in [1.54, 1.807) is 18.3 Å². The molecule has 0 unspecified atom stereocenters. The molecule has 0 bridgehead atoms. The first-order chi connectivity index (χ1) is 7.46. The summed E-state index contributed by atoms with van der Waals surface area (Å²) in [7, 11) is 0. The van der Waals surface area contributed by atoms with Gasteiger partial charge in [0.05, 0.1) is 5.69 Å². The van der Waals surface area contributed by atoms with Crippen molar-refractivity contribution in [3.8, 4) is 0 Å². The number of carbonyl (C=O) groups excluding carboxylic acids is 1. The number of carbonyl (C=O) groups is 1. The van der Waals surface area contributed by atoms with E-state index in [4.69, 9.17) is 0 Å². The lowest BCUT2D eigenvalue weighted by molar-refractivity contribution is -0.118. The summed E-state index contributed by atoms with van der Waals surface area (Å²) in [5.74, 6) is 0.242. The van der Waals surface area contributed by atoms with E-state index in [-0.39, 0.29) is 11.2 Å². The van der Waals surface area contributed by atoms with Gasteiger partial charge in [-0.15, -0.1) is 11.3 Å². The normalized spacial score (nSPS) is 12.2. The number of aromatic nitrogens is 2. The van der Waals surface area contributed by atoms with Crippen LogP contribution in [0.3, 0.4) is 0 Å². The van der Waals surface area contributed by atoms with Gasteiger partial charge < -0.3 is 4.79 Å². The summed E-state index contributed by atoms with van der Waals surface area (Å²) in [4.78, 5) is 16.7. The molecule has 2 rings (SSSR count). The summed E-state index contributed by atoms with van der Waals surface area (Å²) in [5, 5.41) is 2.02. The second kappa shape index (κ2) is 4.01. The number of imidazole rings is 1. The quantitative estimate of drug-likeness (QED) is 0.818. The van der Waals surface area contributed by atoms with E-state index in [0.717, 1.165) is 17.1 Å². The zero-order valence-electron chi connectivity index (χ0n) is 9.86. The van der Waals surface area contributed by atoms with Crippen LogP contribution in [0.5, 0.6) is 0 Å². The number of thiazole rings is 1. The van der Waals surface area contributed by atoms with E-state index < -0.39 is 0 Å².